The van der Waals surface area contributed by atoms with E-state index in [1.165, 1.54) is 36.8 Å². The summed E-state index contributed by atoms with van der Waals surface area (Å²) in [6, 6.07) is 4.23. The number of fused-ring (bicyclic) bond motifs is 1. The first-order valence-electron chi connectivity index (χ1n) is 6.39. The van der Waals surface area contributed by atoms with Gasteiger partial charge in [-0.05, 0) is 47.9 Å². The Balaban J connectivity index is 2.39. The minimum Gasteiger partial charge on any atom is -0.298 e. The number of halogens is 1. The van der Waals surface area contributed by atoms with E-state index in [1.807, 2.05) is 0 Å². The van der Waals surface area contributed by atoms with Crippen molar-refractivity contribution in [2.24, 2.45) is 0 Å². The molecule has 0 N–H and O–H groups in total. The molecule has 0 saturated carbocycles. The summed E-state index contributed by atoms with van der Waals surface area (Å²) >= 11 is 3.47. The summed E-state index contributed by atoms with van der Waals surface area (Å²) < 4.78 is 0.936. The quantitative estimate of drug-likeness (QED) is 0.739. The predicted molar refractivity (Wildman–Crippen MR) is 74.7 cm³/mol. The molecule has 0 amide bonds. The van der Waals surface area contributed by atoms with Gasteiger partial charge in [-0.2, -0.15) is 0 Å². The van der Waals surface area contributed by atoms with Gasteiger partial charge in [0.25, 0.3) is 0 Å². The molecule has 0 bridgehead atoms. The fraction of sp³-hybridized carbons (Fsp3) is 0.533. The van der Waals surface area contributed by atoms with Gasteiger partial charge in [0.1, 0.15) is 0 Å². The van der Waals surface area contributed by atoms with E-state index in [4.69, 9.17) is 0 Å². The molecule has 2 heteroatoms. The smallest absolute Gasteiger partial charge is 0.151 e. The average molecular weight is 295 g/mol. The van der Waals surface area contributed by atoms with Gasteiger partial charge >= 0.3 is 0 Å². The highest BCUT2D eigenvalue weighted by Gasteiger charge is 2.34. The van der Waals surface area contributed by atoms with Crippen LogP contribution in [0.3, 0.4) is 0 Å². The molecule has 1 aliphatic carbocycles. The van der Waals surface area contributed by atoms with Gasteiger partial charge in [-0.15, -0.1) is 0 Å². The molecule has 1 unspecified atom stereocenters. The van der Waals surface area contributed by atoms with Gasteiger partial charge in [0, 0.05) is 10.0 Å². The van der Waals surface area contributed by atoms with Crippen LogP contribution < -0.4 is 0 Å². The van der Waals surface area contributed by atoms with Crippen molar-refractivity contribution in [1.82, 2.24) is 0 Å². The van der Waals surface area contributed by atoms with Gasteiger partial charge in [0.05, 0.1) is 0 Å². The molecule has 0 aliphatic heterocycles. The molecular weight excluding hydrogens is 276 g/mol. The van der Waals surface area contributed by atoms with Crippen LogP contribution in [0.25, 0.3) is 0 Å². The van der Waals surface area contributed by atoms with Crippen molar-refractivity contribution in [2.45, 2.75) is 51.4 Å². The zero-order chi connectivity index (χ0) is 12.5. The summed E-state index contributed by atoms with van der Waals surface area (Å²) in [5, 5.41) is 0. The molecule has 1 aromatic rings. The normalized spacial score (nSPS) is 22.5. The van der Waals surface area contributed by atoms with E-state index in [0.717, 1.165) is 22.7 Å². The number of carbonyl (C=O) groups is 1. The molecule has 17 heavy (non-hydrogen) atoms. The van der Waals surface area contributed by atoms with Gasteiger partial charge in [0.2, 0.25) is 0 Å². The topological polar surface area (TPSA) is 17.1 Å². The number of aryl methyl sites for hydroxylation is 1. The van der Waals surface area contributed by atoms with Gasteiger partial charge < -0.3 is 0 Å². The first-order chi connectivity index (χ1) is 8.10. The second-order valence-corrected chi connectivity index (χ2v) is 6.17. The van der Waals surface area contributed by atoms with Crippen molar-refractivity contribution in [2.75, 3.05) is 0 Å². The van der Waals surface area contributed by atoms with Crippen molar-refractivity contribution in [3.63, 3.8) is 0 Å². The molecule has 0 heterocycles. The number of hydrogen-bond acceptors (Lipinski definition) is 1. The second kappa shape index (κ2) is 4.93. The first kappa shape index (κ1) is 12.8. The molecule has 0 spiro atoms. The van der Waals surface area contributed by atoms with Crippen LogP contribution >= 0.6 is 15.9 Å². The number of hydrogen-bond donors (Lipinski definition) is 0. The Bertz CT molecular complexity index is 439. The van der Waals surface area contributed by atoms with Crippen molar-refractivity contribution in [1.29, 1.82) is 0 Å². The first-order valence-corrected chi connectivity index (χ1v) is 7.18. The number of benzene rings is 1. The molecule has 2 rings (SSSR count). The zero-order valence-electron chi connectivity index (χ0n) is 10.6. The molecule has 1 aromatic carbocycles. The number of aldehydes is 1. The Morgan fingerprint density at radius 3 is 2.88 bits per heavy atom. The highest BCUT2D eigenvalue weighted by Crippen LogP contribution is 2.43. The monoisotopic (exact) mass is 294 g/mol. The van der Waals surface area contributed by atoms with E-state index < -0.39 is 0 Å². The Morgan fingerprint density at radius 1 is 1.47 bits per heavy atom. The van der Waals surface area contributed by atoms with E-state index in [0.29, 0.717) is 0 Å². The van der Waals surface area contributed by atoms with E-state index in [2.05, 4.69) is 41.9 Å². The summed E-state index contributed by atoms with van der Waals surface area (Å²) in [7, 11) is 0. The molecule has 1 aliphatic rings. The minimum atomic E-state index is 0.282. The van der Waals surface area contributed by atoms with Crippen LogP contribution in [0.15, 0.2) is 16.6 Å². The average Bonchev–Trinajstić information content (AvgIpc) is 2.63. The summed E-state index contributed by atoms with van der Waals surface area (Å²) in [5.74, 6) is 0. The maximum absolute atomic E-state index is 11.0. The predicted octanol–water partition coefficient (Wildman–Crippen LogP) is 4.66. The molecule has 1 atom stereocenters. The lowest BCUT2D eigenvalue weighted by atomic mass is 9.79. The van der Waals surface area contributed by atoms with Crippen LogP contribution in [-0.2, 0) is 11.8 Å². The van der Waals surface area contributed by atoms with E-state index in [-0.39, 0.29) is 5.41 Å². The van der Waals surface area contributed by atoms with Crippen LogP contribution in [0, 0.1) is 0 Å². The third kappa shape index (κ3) is 2.33. The molecule has 0 fully saturated rings. The summed E-state index contributed by atoms with van der Waals surface area (Å²) in [6.45, 7) is 4.58. The lowest BCUT2D eigenvalue weighted by Gasteiger charge is -2.25. The molecule has 0 aromatic heterocycles. The van der Waals surface area contributed by atoms with Gasteiger partial charge in [0.15, 0.2) is 6.29 Å². The number of rotatable bonds is 4. The van der Waals surface area contributed by atoms with Crippen LogP contribution in [-0.4, -0.2) is 6.29 Å². The van der Waals surface area contributed by atoms with Gasteiger partial charge in [-0.25, -0.2) is 0 Å². The number of unbranched alkanes of at least 4 members (excludes halogenated alkanes) is 1. The second-order valence-electron chi connectivity index (χ2n) is 5.31. The largest absolute Gasteiger partial charge is 0.298 e. The lowest BCUT2D eigenvalue weighted by Crippen LogP contribution is -2.18. The Hall–Kier alpha value is -0.630. The Labute approximate surface area is 112 Å². The van der Waals surface area contributed by atoms with Crippen LogP contribution in [0.2, 0.25) is 0 Å². The molecular formula is C15H19BrO. The highest BCUT2D eigenvalue weighted by molar-refractivity contribution is 9.10. The fourth-order valence-corrected chi connectivity index (χ4v) is 3.35. The number of carbonyl (C=O) groups excluding carboxylic acids is 1. The molecule has 0 saturated heterocycles. The van der Waals surface area contributed by atoms with Crippen molar-refractivity contribution in [3.8, 4) is 0 Å². The summed E-state index contributed by atoms with van der Waals surface area (Å²) in [4.78, 5) is 11.0. The summed E-state index contributed by atoms with van der Waals surface area (Å²) in [6.07, 6.45) is 7.05. The van der Waals surface area contributed by atoms with E-state index in [1.54, 1.807) is 0 Å². The standard InChI is InChI=1S/C15H19BrO/c1-3-4-6-15(2)7-5-11-9-14(16)12(10-17)8-13(11)15/h8-10H,3-7H2,1-2H3. The minimum absolute atomic E-state index is 0.282. The van der Waals surface area contributed by atoms with Crippen molar-refractivity contribution < 1.29 is 4.79 Å². The molecule has 0 radical (unpaired) electrons. The van der Waals surface area contributed by atoms with Crippen LogP contribution in [0.1, 0.15) is 61.0 Å². The SMILES string of the molecule is CCCCC1(C)CCc2cc(Br)c(C=O)cc21. The van der Waals surface area contributed by atoms with E-state index in [9.17, 15) is 4.79 Å². The Kier molecular flexibility index (Phi) is 3.72. The van der Waals surface area contributed by atoms with Crippen molar-refractivity contribution in [3.05, 3.63) is 33.3 Å². The third-order valence-corrected chi connectivity index (χ3v) is 4.71. The Morgan fingerprint density at radius 2 is 2.24 bits per heavy atom. The molecule has 1 nitrogen and oxygen atoms in total. The third-order valence-electron chi connectivity index (χ3n) is 4.03. The highest BCUT2D eigenvalue weighted by atomic mass is 79.9. The van der Waals surface area contributed by atoms with E-state index >= 15 is 0 Å². The van der Waals surface area contributed by atoms with Crippen LogP contribution in [0.4, 0.5) is 0 Å². The van der Waals surface area contributed by atoms with Gasteiger partial charge in [-0.1, -0.05) is 42.6 Å². The fourth-order valence-electron chi connectivity index (χ4n) is 2.86. The lowest BCUT2D eigenvalue weighted by molar-refractivity contribution is 0.112. The van der Waals surface area contributed by atoms with Crippen LogP contribution in [0.5, 0.6) is 0 Å². The van der Waals surface area contributed by atoms with Gasteiger partial charge in [-0.3, -0.25) is 4.79 Å². The molecule has 92 valence electrons. The van der Waals surface area contributed by atoms with Crippen molar-refractivity contribution >= 4 is 22.2 Å². The summed E-state index contributed by atoms with van der Waals surface area (Å²) in [5.41, 5.74) is 3.88. The maximum atomic E-state index is 11.0. The zero-order valence-corrected chi connectivity index (χ0v) is 12.1. The maximum Gasteiger partial charge on any atom is 0.151 e.